The van der Waals surface area contributed by atoms with Crippen molar-refractivity contribution in [2.75, 3.05) is 17.2 Å². The Hall–Kier alpha value is -2.33. The summed E-state index contributed by atoms with van der Waals surface area (Å²) in [4.78, 5) is 6.92. The van der Waals surface area contributed by atoms with E-state index in [1.165, 1.54) is 19.3 Å². The molecule has 1 unspecified atom stereocenters. The fourth-order valence-corrected chi connectivity index (χ4v) is 6.06. The second kappa shape index (κ2) is 5.34. The van der Waals surface area contributed by atoms with E-state index in [0.29, 0.717) is 23.4 Å². The van der Waals surface area contributed by atoms with Gasteiger partial charge < -0.3 is 9.32 Å². The summed E-state index contributed by atoms with van der Waals surface area (Å²) in [5, 5.41) is 9.65. The van der Waals surface area contributed by atoms with Gasteiger partial charge in [-0.3, -0.25) is 0 Å². The maximum absolute atomic E-state index is 11.9. The molecular formula is C19H19N3O3S. The number of nitriles is 1. The van der Waals surface area contributed by atoms with E-state index in [2.05, 4.69) is 11.0 Å². The topological polar surface area (TPSA) is 87.2 Å². The Kier molecular flexibility index (Phi) is 3.26. The Labute approximate surface area is 152 Å². The Morgan fingerprint density at radius 1 is 1.38 bits per heavy atom. The van der Waals surface area contributed by atoms with Gasteiger partial charge in [-0.2, -0.15) is 5.26 Å². The van der Waals surface area contributed by atoms with Crippen molar-refractivity contribution in [1.29, 1.82) is 5.26 Å². The summed E-state index contributed by atoms with van der Waals surface area (Å²) in [5.74, 6) is 1.70. The Morgan fingerprint density at radius 2 is 2.23 bits per heavy atom. The van der Waals surface area contributed by atoms with Crippen LogP contribution in [0.2, 0.25) is 0 Å². The van der Waals surface area contributed by atoms with Gasteiger partial charge in [-0.15, -0.1) is 0 Å². The van der Waals surface area contributed by atoms with Gasteiger partial charge in [0.15, 0.2) is 9.84 Å². The summed E-state index contributed by atoms with van der Waals surface area (Å²) in [6.07, 6.45) is 5.67. The van der Waals surface area contributed by atoms with E-state index < -0.39 is 9.84 Å². The number of fused-ring (bicyclic) bond motifs is 1. The average molecular weight is 369 g/mol. The predicted octanol–water partition coefficient (Wildman–Crippen LogP) is 2.75. The first-order valence-electron chi connectivity index (χ1n) is 8.95. The summed E-state index contributed by atoms with van der Waals surface area (Å²) in [6.45, 7) is 0.872. The van der Waals surface area contributed by atoms with E-state index in [4.69, 9.17) is 9.40 Å². The van der Waals surface area contributed by atoms with Crippen LogP contribution >= 0.6 is 0 Å². The molecule has 2 aliphatic heterocycles. The third-order valence-corrected chi connectivity index (χ3v) is 7.70. The number of nitrogens with zero attached hydrogens (tertiary/aromatic N) is 3. The monoisotopic (exact) mass is 369 g/mol. The van der Waals surface area contributed by atoms with Crippen LogP contribution in [-0.4, -0.2) is 25.7 Å². The van der Waals surface area contributed by atoms with Gasteiger partial charge in [0.25, 0.3) is 0 Å². The maximum Gasteiger partial charge on any atom is 0.154 e. The third kappa shape index (κ3) is 2.21. The van der Waals surface area contributed by atoms with Crippen LogP contribution in [0.4, 0.5) is 5.82 Å². The van der Waals surface area contributed by atoms with Crippen molar-refractivity contribution in [3.05, 3.63) is 47.0 Å². The van der Waals surface area contributed by atoms with Crippen molar-refractivity contribution in [2.45, 2.75) is 37.5 Å². The van der Waals surface area contributed by atoms with Crippen molar-refractivity contribution in [2.24, 2.45) is 5.41 Å². The number of aryl methyl sites for hydroxylation is 1. The second-order valence-corrected chi connectivity index (χ2v) is 9.87. The fourth-order valence-electron chi connectivity index (χ4n) is 4.68. The summed E-state index contributed by atoms with van der Waals surface area (Å²) in [5.41, 5.74) is 2.16. The Balaban J connectivity index is 1.57. The minimum Gasteiger partial charge on any atom is -0.467 e. The molecular weight excluding hydrogens is 350 g/mol. The predicted molar refractivity (Wildman–Crippen MR) is 95.2 cm³/mol. The number of aromatic nitrogens is 1. The molecule has 0 amide bonds. The third-order valence-electron chi connectivity index (χ3n) is 6.13. The zero-order valence-electron chi connectivity index (χ0n) is 14.3. The molecule has 26 heavy (non-hydrogen) atoms. The highest BCUT2D eigenvalue weighted by Gasteiger charge is 2.58. The molecule has 7 heteroatoms. The average Bonchev–Trinajstić information content (AvgIpc) is 3.05. The highest BCUT2D eigenvalue weighted by atomic mass is 32.2. The van der Waals surface area contributed by atoms with E-state index in [1.807, 2.05) is 12.1 Å². The lowest BCUT2D eigenvalue weighted by molar-refractivity contribution is 0.0170. The molecule has 4 heterocycles. The van der Waals surface area contributed by atoms with Crippen molar-refractivity contribution in [1.82, 2.24) is 4.98 Å². The number of anilines is 1. The molecule has 1 saturated carbocycles. The van der Waals surface area contributed by atoms with Crippen LogP contribution in [0.15, 0.2) is 28.9 Å². The first-order valence-corrected chi connectivity index (χ1v) is 10.8. The molecule has 2 fully saturated rings. The molecule has 5 rings (SSSR count). The SMILES string of the molecule is N#Cc1cc2c(nc1N1CC3(CCC3)C1c1ccco1)CCS(=O)(=O)C2. The Morgan fingerprint density at radius 3 is 2.88 bits per heavy atom. The minimum absolute atomic E-state index is 0.0180. The zero-order valence-corrected chi connectivity index (χ0v) is 15.1. The van der Waals surface area contributed by atoms with E-state index in [0.717, 1.165) is 18.0 Å². The van der Waals surface area contributed by atoms with E-state index >= 15 is 0 Å². The summed E-state index contributed by atoms with van der Waals surface area (Å²) in [6, 6.07) is 7.94. The largest absolute Gasteiger partial charge is 0.467 e. The van der Waals surface area contributed by atoms with Crippen LogP contribution in [0.25, 0.3) is 0 Å². The van der Waals surface area contributed by atoms with Crippen LogP contribution in [0.3, 0.4) is 0 Å². The number of hydrogen-bond acceptors (Lipinski definition) is 6. The molecule has 1 saturated heterocycles. The van der Waals surface area contributed by atoms with Gasteiger partial charge in [-0.25, -0.2) is 13.4 Å². The molecule has 0 N–H and O–H groups in total. The van der Waals surface area contributed by atoms with Crippen molar-refractivity contribution >= 4 is 15.7 Å². The quantitative estimate of drug-likeness (QED) is 0.809. The summed E-state index contributed by atoms with van der Waals surface area (Å²) in [7, 11) is -3.08. The van der Waals surface area contributed by atoms with Gasteiger partial charge in [-0.1, -0.05) is 6.42 Å². The van der Waals surface area contributed by atoms with Crippen LogP contribution in [-0.2, 0) is 22.0 Å². The van der Waals surface area contributed by atoms with E-state index in [9.17, 15) is 13.7 Å². The normalized spacial score (nSPS) is 25.0. The summed E-state index contributed by atoms with van der Waals surface area (Å²) >= 11 is 0. The number of furan rings is 1. The Bertz CT molecular complexity index is 1020. The van der Waals surface area contributed by atoms with Gasteiger partial charge in [0.2, 0.25) is 0 Å². The van der Waals surface area contributed by atoms with Gasteiger partial charge >= 0.3 is 0 Å². The first kappa shape index (κ1) is 15.9. The minimum atomic E-state index is -3.08. The smallest absolute Gasteiger partial charge is 0.154 e. The molecule has 2 aromatic rings. The van der Waals surface area contributed by atoms with Crippen LogP contribution in [0.5, 0.6) is 0 Å². The zero-order chi connectivity index (χ0) is 17.9. The molecule has 0 radical (unpaired) electrons. The first-order chi connectivity index (χ1) is 12.5. The molecule has 134 valence electrons. The summed E-state index contributed by atoms with van der Waals surface area (Å²) < 4.78 is 29.5. The number of pyridine rings is 1. The van der Waals surface area contributed by atoms with Crippen LogP contribution in [0.1, 0.15) is 47.9 Å². The fraction of sp³-hybridized carbons (Fsp3) is 0.474. The highest BCUT2D eigenvalue weighted by molar-refractivity contribution is 7.90. The van der Waals surface area contributed by atoms with Crippen LogP contribution in [0, 0.1) is 16.7 Å². The van der Waals surface area contributed by atoms with Gasteiger partial charge in [0, 0.05) is 24.1 Å². The van der Waals surface area contributed by atoms with Gasteiger partial charge in [0.1, 0.15) is 17.6 Å². The molecule has 3 aliphatic rings. The number of hydrogen-bond donors (Lipinski definition) is 0. The lowest BCUT2D eigenvalue weighted by atomic mass is 9.57. The van der Waals surface area contributed by atoms with E-state index in [1.54, 1.807) is 12.3 Å². The molecule has 1 spiro atoms. The lowest BCUT2D eigenvalue weighted by Crippen LogP contribution is -2.62. The van der Waals surface area contributed by atoms with Crippen molar-refractivity contribution in [3.8, 4) is 6.07 Å². The van der Waals surface area contributed by atoms with Crippen molar-refractivity contribution in [3.63, 3.8) is 0 Å². The van der Waals surface area contributed by atoms with E-state index in [-0.39, 0.29) is 23.0 Å². The number of sulfone groups is 1. The van der Waals surface area contributed by atoms with Gasteiger partial charge in [-0.05, 0) is 36.6 Å². The molecule has 2 aromatic heterocycles. The maximum atomic E-state index is 11.9. The highest BCUT2D eigenvalue weighted by Crippen LogP contribution is 2.61. The molecule has 0 bridgehead atoms. The molecule has 1 atom stereocenters. The molecule has 1 aliphatic carbocycles. The van der Waals surface area contributed by atoms with Gasteiger partial charge in [0.05, 0.1) is 29.4 Å². The molecule has 6 nitrogen and oxygen atoms in total. The molecule has 0 aromatic carbocycles. The lowest BCUT2D eigenvalue weighted by Gasteiger charge is -2.62. The second-order valence-electron chi connectivity index (χ2n) is 7.68. The van der Waals surface area contributed by atoms with Crippen LogP contribution < -0.4 is 4.90 Å². The van der Waals surface area contributed by atoms with Crippen molar-refractivity contribution < 1.29 is 12.8 Å². The standard InChI is InChI=1S/C19H19N3O3S/c20-10-13-9-14-11-26(23,24)8-4-15(14)21-18(13)22-12-19(5-2-6-19)17(22)16-3-1-7-25-16/h1,3,7,9,17H,2,4-6,8,11-12H2. The number of rotatable bonds is 2.